The minimum atomic E-state index is 0.440. The number of benzene rings is 1. The molecule has 3 rings (SSSR count). The van der Waals surface area contributed by atoms with Gasteiger partial charge >= 0.3 is 0 Å². The van der Waals surface area contributed by atoms with Gasteiger partial charge in [0.2, 0.25) is 0 Å². The maximum absolute atomic E-state index is 5.53. The highest BCUT2D eigenvalue weighted by molar-refractivity contribution is 5.82. The molecule has 0 bridgehead atoms. The van der Waals surface area contributed by atoms with Crippen molar-refractivity contribution in [2.24, 2.45) is 0 Å². The molecule has 0 unspecified atom stereocenters. The first-order valence-corrected chi connectivity index (χ1v) is 5.40. The van der Waals surface area contributed by atoms with Crippen LogP contribution in [0.1, 0.15) is 31.2 Å². The Kier molecular flexibility index (Phi) is 1.75. The molecule has 1 aromatic heterocycles. The van der Waals surface area contributed by atoms with Crippen LogP contribution >= 0.6 is 0 Å². The van der Waals surface area contributed by atoms with E-state index < -0.39 is 0 Å². The Bertz CT molecular complexity index is 514. The second-order valence-corrected chi connectivity index (χ2v) is 4.31. The summed E-state index contributed by atoms with van der Waals surface area (Å²) in [6, 6.07) is 4.05. The van der Waals surface area contributed by atoms with E-state index >= 15 is 0 Å². The number of hydrogen-bond acceptors (Lipinski definition) is 2. The summed E-state index contributed by atoms with van der Waals surface area (Å²) in [7, 11) is 0. The Morgan fingerprint density at radius 2 is 2.27 bits per heavy atom. The summed E-state index contributed by atoms with van der Waals surface area (Å²) in [5.41, 5.74) is 3.50. The van der Waals surface area contributed by atoms with Gasteiger partial charge in [0.1, 0.15) is 11.6 Å². The molecule has 1 aromatic carbocycles. The lowest BCUT2D eigenvalue weighted by molar-refractivity contribution is 0.357. The Morgan fingerprint density at radius 3 is 3.07 bits per heavy atom. The fourth-order valence-electron chi connectivity index (χ4n) is 2.05. The molecule has 1 aliphatic heterocycles. The topological polar surface area (TPSA) is 37.9 Å². The molecule has 78 valence electrons. The summed E-state index contributed by atoms with van der Waals surface area (Å²) in [5, 5.41) is 0. The Morgan fingerprint density at radius 1 is 1.40 bits per heavy atom. The molecule has 3 heteroatoms. The van der Waals surface area contributed by atoms with Crippen LogP contribution in [0.4, 0.5) is 0 Å². The van der Waals surface area contributed by atoms with Crippen molar-refractivity contribution in [3.8, 4) is 5.75 Å². The number of ether oxygens (including phenoxy) is 1. The van der Waals surface area contributed by atoms with Gasteiger partial charge in [0.25, 0.3) is 0 Å². The van der Waals surface area contributed by atoms with Crippen molar-refractivity contribution in [1.29, 1.82) is 0 Å². The average Bonchev–Trinajstić information content (AvgIpc) is 2.82. The van der Waals surface area contributed by atoms with E-state index in [0.29, 0.717) is 5.92 Å². The summed E-state index contributed by atoms with van der Waals surface area (Å²) in [6.45, 7) is 5.09. The molecule has 0 saturated heterocycles. The van der Waals surface area contributed by atoms with E-state index in [0.717, 1.165) is 35.6 Å². The minimum absolute atomic E-state index is 0.440. The lowest BCUT2D eigenvalue weighted by Crippen LogP contribution is -1.89. The monoisotopic (exact) mass is 202 g/mol. The average molecular weight is 202 g/mol. The molecule has 3 nitrogen and oxygen atoms in total. The van der Waals surface area contributed by atoms with Crippen LogP contribution in [0, 0.1) is 0 Å². The first-order valence-electron chi connectivity index (χ1n) is 5.40. The van der Waals surface area contributed by atoms with Crippen LogP contribution < -0.4 is 4.74 Å². The Balaban J connectivity index is 2.27. The zero-order valence-electron chi connectivity index (χ0n) is 9.00. The summed E-state index contributed by atoms with van der Waals surface area (Å²) in [4.78, 5) is 7.98. The van der Waals surface area contributed by atoms with Crippen molar-refractivity contribution >= 4 is 11.0 Å². The fourth-order valence-corrected chi connectivity index (χ4v) is 2.05. The highest BCUT2D eigenvalue weighted by atomic mass is 16.5. The van der Waals surface area contributed by atoms with E-state index in [1.165, 1.54) is 5.56 Å². The lowest BCUT2D eigenvalue weighted by atomic mass is 10.1. The zero-order chi connectivity index (χ0) is 10.4. The van der Waals surface area contributed by atoms with E-state index in [2.05, 4.69) is 23.8 Å². The van der Waals surface area contributed by atoms with Crippen LogP contribution in [0.3, 0.4) is 0 Å². The molecule has 0 aliphatic carbocycles. The third-order valence-corrected chi connectivity index (χ3v) is 2.90. The molecular weight excluding hydrogens is 188 g/mol. The molecule has 2 heterocycles. The number of rotatable bonds is 1. The maximum Gasteiger partial charge on any atom is 0.124 e. The van der Waals surface area contributed by atoms with Crippen molar-refractivity contribution in [1.82, 2.24) is 9.97 Å². The lowest BCUT2D eigenvalue weighted by Gasteiger charge is -1.98. The number of hydrogen-bond donors (Lipinski definition) is 1. The highest BCUT2D eigenvalue weighted by Crippen LogP contribution is 2.31. The van der Waals surface area contributed by atoms with Crippen molar-refractivity contribution in [2.75, 3.05) is 6.61 Å². The third-order valence-electron chi connectivity index (χ3n) is 2.90. The molecule has 0 atom stereocenters. The van der Waals surface area contributed by atoms with Gasteiger partial charge in [-0.15, -0.1) is 0 Å². The van der Waals surface area contributed by atoms with Gasteiger partial charge in [0, 0.05) is 17.9 Å². The summed E-state index contributed by atoms with van der Waals surface area (Å²) in [6.07, 6.45) is 0.992. The van der Waals surface area contributed by atoms with Gasteiger partial charge in [0.15, 0.2) is 0 Å². The van der Waals surface area contributed by atoms with Gasteiger partial charge < -0.3 is 9.72 Å². The van der Waals surface area contributed by atoms with Crippen LogP contribution in [-0.2, 0) is 6.42 Å². The first-order chi connectivity index (χ1) is 7.25. The van der Waals surface area contributed by atoms with Gasteiger partial charge in [-0.05, 0) is 12.1 Å². The number of aromatic nitrogens is 2. The highest BCUT2D eigenvalue weighted by Gasteiger charge is 2.18. The van der Waals surface area contributed by atoms with E-state index in [1.54, 1.807) is 0 Å². The molecule has 0 saturated carbocycles. The normalized spacial score (nSPS) is 14.6. The van der Waals surface area contributed by atoms with Gasteiger partial charge in [0.05, 0.1) is 17.6 Å². The van der Waals surface area contributed by atoms with Gasteiger partial charge in [-0.1, -0.05) is 13.8 Å². The smallest absolute Gasteiger partial charge is 0.124 e. The van der Waals surface area contributed by atoms with Crippen LogP contribution in [-0.4, -0.2) is 16.6 Å². The number of nitrogens with zero attached hydrogens (tertiary/aromatic N) is 1. The van der Waals surface area contributed by atoms with E-state index in [9.17, 15) is 0 Å². The van der Waals surface area contributed by atoms with Crippen molar-refractivity contribution in [2.45, 2.75) is 26.2 Å². The predicted molar refractivity (Wildman–Crippen MR) is 59.4 cm³/mol. The summed E-state index contributed by atoms with van der Waals surface area (Å²) in [5.74, 6) is 2.52. The van der Waals surface area contributed by atoms with Crippen LogP contribution in [0.25, 0.3) is 11.0 Å². The first kappa shape index (κ1) is 8.77. The van der Waals surface area contributed by atoms with Crippen molar-refractivity contribution < 1.29 is 4.74 Å². The fraction of sp³-hybridized carbons (Fsp3) is 0.417. The molecule has 15 heavy (non-hydrogen) atoms. The van der Waals surface area contributed by atoms with E-state index in [1.807, 2.05) is 12.1 Å². The maximum atomic E-state index is 5.53. The molecular formula is C12H14N2O. The second-order valence-electron chi connectivity index (χ2n) is 4.31. The van der Waals surface area contributed by atoms with E-state index in [-0.39, 0.29) is 0 Å². The number of fused-ring (bicyclic) bond motifs is 3. The third kappa shape index (κ3) is 1.23. The van der Waals surface area contributed by atoms with E-state index in [4.69, 9.17) is 4.74 Å². The molecule has 1 aliphatic rings. The number of imidazole rings is 1. The van der Waals surface area contributed by atoms with Crippen molar-refractivity contribution in [3.63, 3.8) is 0 Å². The van der Waals surface area contributed by atoms with Crippen molar-refractivity contribution in [3.05, 3.63) is 23.5 Å². The number of nitrogens with one attached hydrogen (secondary N) is 1. The predicted octanol–water partition coefficient (Wildman–Crippen LogP) is 2.62. The zero-order valence-corrected chi connectivity index (χ0v) is 9.00. The summed E-state index contributed by atoms with van der Waals surface area (Å²) < 4.78 is 5.53. The molecule has 0 spiro atoms. The minimum Gasteiger partial charge on any atom is -0.493 e. The van der Waals surface area contributed by atoms with Gasteiger partial charge in [-0.2, -0.15) is 0 Å². The van der Waals surface area contributed by atoms with Crippen LogP contribution in [0.15, 0.2) is 12.1 Å². The molecule has 0 fully saturated rings. The van der Waals surface area contributed by atoms with Gasteiger partial charge in [-0.3, -0.25) is 0 Å². The van der Waals surface area contributed by atoms with Crippen LogP contribution in [0.5, 0.6) is 5.75 Å². The molecule has 0 amide bonds. The molecule has 0 radical (unpaired) electrons. The molecule has 2 aromatic rings. The Hall–Kier alpha value is -1.51. The standard InChI is InChI=1S/C12H14N2O/c1-7(2)12-13-9-3-4-10-8(5-6-15-10)11(9)14-12/h3-4,7H,5-6H2,1-2H3,(H,13,14). The summed E-state index contributed by atoms with van der Waals surface area (Å²) >= 11 is 0. The SMILES string of the molecule is CC(C)c1nc2ccc3c(c2[nH]1)CCO3. The largest absolute Gasteiger partial charge is 0.493 e. The van der Waals surface area contributed by atoms with Crippen LogP contribution in [0.2, 0.25) is 0 Å². The number of aromatic amines is 1. The molecule has 1 N–H and O–H groups in total. The Labute approximate surface area is 88.5 Å². The number of H-pyrrole nitrogens is 1. The second kappa shape index (κ2) is 2.99. The van der Waals surface area contributed by atoms with Gasteiger partial charge in [-0.25, -0.2) is 4.98 Å². The quantitative estimate of drug-likeness (QED) is 0.771.